The molecule has 2 aliphatic rings. The number of para-hydroxylation sites is 2. The molecule has 2 atom stereocenters. The molecule has 30 heavy (non-hydrogen) atoms. The molecule has 2 fully saturated rings. The van der Waals surface area contributed by atoms with Gasteiger partial charge in [-0.05, 0) is 61.1 Å². The second-order valence-corrected chi connectivity index (χ2v) is 9.86. The average molecular weight is 429 g/mol. The van der Waals surface area contributed by atoms with E-state index >= 15 is 0 Å². The maximum Gasteiger partial charge on any atom is 0.262 e. The molecular weight excluding hydrogens is 400 g/mol. The number of likely N-dealkylation sites (tertiary alicyclic amines) is 1. The van der Waals surface area contributed by atoms with Crippen molar-refractivity contribution < 1.29 is 17.9 Å². The van der Waals surface area contributed by atoms with Gasteiger partial charge >= 0.3 is 0 Å². The van der Waals surface area contributed by atoms with E-state index in [1.807, 2.05) is 4.90 Å². The van der Waals surface area contributed by atoms with Crippen molar-refractivity contribution in [3.05, 3.63) is 54.1 Å². The first-order chi connectivity index (χ1) is 14.5. The number of hydrogen-bond donors (Lipinski definition) is 1. The fraction of sp³-hybridized carbons (Fsp3) is 0.435. The van der Waals surface area contributed by atoms with Gasteiger partial charge in [-0.1, -0.05) is 31.4 Å². The molecule has 160 valence electrons. The van der Waals surface area contributed by atoms with E-state index in [1.54, 1.807) is 36.4 Å². The van der Waals surface area contributed by atoms with Crippen LogP contribution in [0.5, 0.6) is 5.75 Å². The number of carbonyl (C=O) groups excluding carboxylic acids is 1. The highest BCUT2D eigenvalue weighted by atomic mass is 32.2. The van der Waals surface area contributed by atoms with Crippen molar-refractivity contribution in [3.63, 3.8) is 0 Å². The molecule has 1 N–H and O–H groups in total. The standard InChI is InChI=1S/C23H28N2O4S/c1-29-22-9-5-4-8-21(22)24-30(27,28)20-12-10-18(11-13-20)23(26)25-15-14-17-6-2-3-7-19(17)16-25/h4-5,8-13,17,19,24H,2-3,6-7,14-16H2,1H3/t17-,19-/m1/s1. The molecule has 0 bridgehead atoms. The molecule has 0 unspecified atom stereocenters. The summed E-state index contributed by atoms with van der Waals surface area (Å²) in [7, 11) is -2.29. The number of nitrogens with zero attached hydrogens (tertiary/aromatic N) is 1. The van der Waals surface area contributed by atoms with Crippen molar-refractivity contribution >= 4 is 21.6 Å². The van der Waals surface area contributed by atoms with Gasteiger partial charge in [0.05, 0.1) is 17.7 Å². The number of rotatable bonds is 5. The van der Waals surface area contributed by atoms with Gasteiger partial charge in [0.25, 0.3) is 15.9 Å². The maximum absolute atomic E-state index is 13.0. The maximum atomic E-state index is 13.0. The minimum Gasteiger partial charge on any atom is -0.495 e. The number of amides is 1. The molecule has 1 saturated carbocycles. The van der Waals surface area contributed by atoms with Crippen LogP contribution < -0.4 is 9.46 Å². The predicted molar refractivity (Wildman–Crippen MR) is 116 cm³/mol. The molecule has 0 aromatic heterocycles. The molecule has 2 aromatic rings. The molecule has 7 heteroatoms. The Bertz CT molecular complexity index is 1000. The quantitative estimate of drug-likeness (QED) is 0.776. The summed E-state index contributed by atoms with van der Waals surface area (Å²) >= 11 is 0. The monoisotopic (exact) mass is 428 g/mol. The zero-order valence-corrected chi connectivity index (χ0v) is 18.0. The number of piperidine rings is 1. The second-order valence-electron chi connectivity index (χ2n) is 8.17. The molecule has 4 rings (SSSR count). The summed E-state index contributed by atoms with van der Waals surface area (Å²) < 4.78 is 33.3. The lowest BCUT2D eigenvalue weighted by molar-refractivity contribution is 0.0521. The number of methoxy groups -OCH3 is 1. The Morgan fingerprint density at radius 2 is 1.70 bits per heavy atom. The van der Waals surface area contributed by atoms with Crippen LogP contribution in [-0.2, 0) is 10.0 Å². The summed E-state index contributed by atoms with van der Waals surface area (Å²) in [5.74, 6) is 1.80. The van der Waals surface area contributed by atoms with Crippen molar-refractivity contribution in [2.75, 3.05) is 24.9 Å². The molecule has 1 heterocycles. The number of hydrogen-bond acceptors (Lipinski definition) is 4. The van der Waals surface area contributed by atoms with E-state index in [-0.39, 0.29) is 10.8 Å². The van der Waals surface area contributed by atoms with Gasteiger partial charge in [-0.25, -0.2) is 8.42 Å². The van der Waals surface area contributed by atoms with Gasteiger partial charge in [0.1, 0.15) is 5.75 Å². The molecule has 1 amide bonds. The van der Waals surface area contributed by atoms with E-state index in [1.165, 1.54) is 44.9 Å². The summed E-state index contributed by atoms with van der Waals surface area (Å²) in [5, 5.41) is 0. The largest absolute Gasteiger partial charge is 0.495 e. The first-order valence-electron chi connectivity index (χ1n) is 10.5. The first-order valence-corrected chi connectivity index (χ1v) is 12.0. The van der Waals surface area contributed by atoms with E-state index in [2.05, 4.69) is 4.72 Å². The Labute approximate surface area is 178 Å². The van der Waals surface area contributed by atoms with Gasteiger partial charge in [-0.2, -0.15) is 0 Å². The normalized spacial score (nSPS) is 21.6. The molecule has 1 aliphatic carbocycles. The van der Waals surface area contributed by atoms with Gasteiger partial charge in [0.2, 0.25) is 0 Å². The third-order valence-electron chi connectivity index (χ3n) is 6.34. The number of sulfonamides is 1. The van der Waals surface area contributed by atoms with Gasteiger partial charge in [-0.15, -0.1) is 0 Å². The van der Waals surface area contributed by atoms with E-state index in [0.29, 0.717) is 22.9 Å². The number of ether oxygens (including phenoxy) is 1. The van der Waals surface area contributed by atoms with Crippen molar-refractivity contribution in [2.45, 2.75) is 37.0 Å². The van der Waals surface area contributed by atoms with E-state index < -0.39 is 10.0 Å². The number of benzene rings is 2. The highest BCUT2D eigenvalue weighted by molar-refractivity contribution is 7.92. The molecular formula is C23H28N2O4S. The van der Waals surface area contributed by atoms with E-state index in [9.17, 15) is 13.2 Å². The Balaban J connectivity index is 1.46. The van der Waals surface area contributed by atoms with Crippen LogP contribution in [0.2, 0.25) is 0 Å². The average Bonchev–Trinajstić information content (AvgIpc) is 2.78. The van der Waals surface area contributed by atoms with Crippen LogP contribution in [0.3, 0.4) is 0 Å². The van der Waals surface area contributed by atoms with E-state index in [0.717, 1.165) is 25.4 Å². The third kappa shape index (κ3) is 4.31. The zero-order valence-electron chi connectivity index (χ0n) is 17.2. The van der Waals surface area contributed by atoms with Crippen LogP contribution in [0.15, 0.2) is 53.4 Å². The van der Waals surface area contributed by atoms with E-state index in [4.69, 9.17) is 4.74 Å². The second kappa shape index (κ2) is 8.68. The van der Waals surface area contributed by atoms with Crippen molar-refractivity contribution in [1.82, 2.24) is 4.90 Å². The lowest BCUT2D eigenvalue weighted by Crippen LogP contribution is -2.44. The number of nitrogens with one attached hydrogen (secondary N) is 1. The Morgan fingerprint density at radius 1 is 1.00 bits per heavy atom. The summed E-state index contributed by atoms with van der Waals surface area (Å²) in [5.41, 5.74) is 0.899. The van der Waals surface area contributed by atoms with Crippen molar-refractivity contribution in [1.29, 1.82) is 0 Å². The number of anilines is 1. The Morgan fingerprint density at radius 3 is 2.43 bits per heavy atom. The van der Waals surface area contributed by atoms with Crippen LogP contribution in [0.4, 0.5) is 5.69 Å². The topological polar surface area (TPSA) is 75.7 Å². The first kappa shape index (κ1) is 20.7. The molecule has 1 aliphatic heterocycles. The Hall–Kier alpha value is -2.54. The van der Waals surface area contributed by atoms with Crippen LogP contribution in [0.25, 0.3) is 0 Å². The number of carbonyl (C=O) groups is 1. The molecule has 0 radical (unpaired) electrons. The minimum absolute atomic E-state index is 0.0133. The van der Waals surface area contributed by atoms with Crippen LogP contribution in [0.1, 0.15) is 42.5 Å². The molecule has 2 aromatic carbocycles. The van der Waals surface area contributed by atoms with Gasteiger partial charge in [0.15, 0.2) is 0 Å². The molecule has 6 nitrogen and oxygen atoms in total. The van der Waals surface area contributed by atoms with Gasteiger partial charge < -0.3 is 9.64 Å². The lowest BCUT2D eigenvalue weighted by Gasteiger charge is -2.41. The Kier molecular flexibility index (Phi) is 5.99. The van der Waals surface area contributed by atoms with Crippen LogP contribution >= 0.6 is 0 Å². The third-order valence-corrected chi connectivity index (χ3v) is 7.72. The fourth-order valence-corrected chi connectivity index (χ4v) is 5.75. The van der Waals surface area contributed by atoms with Gasteiger partial charge in [-0.3, -0.25) is 9.52 Å². The van der Waals surface area contributed by atoms with Crippen LogP contribution in [0, 0.1) is 11.8 Å². The van der Waals surface area contributed by atoms with Crippen LogP contribution in [-0.4, -0.2) is 39.4 Å². The van der Waals surface area contributed by atoms with Gasteiger partial charge in [0, 0.05) is 18.7 Å². The smallest absolute Gasteiger partial charge is 0.262 e. The molecule has 0 spiro atoms. The lowest BCUT2D eigenvalue weighted by atomic mass is 9.75. The van der Waals surface area contributed by atoms with Crippen molar-refractivity contribution in [3.8, 4) is 5.75 Å². The summed E-state index contributed by atoms with van der Waals surface area (Å²) in [4.78, 5) is 15.0. The van der Waals surface area contributed by atoms with Crippen molar-refractivity contribution in [2.24, 2.45) is 11.8 Å². The predicted octanol–water partition coefficient (Wildman–Crippen LogP) is 4.15. The highest BCUT2D eigenvalue weighted by Crippen LogP contribution is 2.36. The summed E-state index contributed by atoms with van der Waals surface area (Å²) in [6.45, 7) is 1.61. The summed E-state index contributed by atoms with van der Waals surface area (Å²) in [6, 6.07) is 13.0. The SMILES string of the molecule is COc1ccccc1NS(=O)(=O)c1ccc(C(=O)N2CC[C@H]3CCCC[C@@H]3C2)cc1. The molecule has 1 saturated heterocycles. The zero-order chi connectivity index (χ0) is 21.1. The summed E-state index contributed by atoms with van der Waals surface area (Å²) in [6.07, 6.45) is 6.15. The minimum atomic E-state index is -3.78. The fourth-order valence-electron chi connectivity index (χ4n) is 4.68. The highest BCUT2D eigenvalue weighted by Gasteiger charge is 2.33. The number of fused-ring (bicyclic) bond motifs is 1.